The zero-order valence-electron chi connectivity index (χ0n) is 12.7. The minimum atomic E-state index is -0.0729. The summed E-state index contributed by atoms with van der Waals surface area (Å²) in [6, 6.07) is 0. The fourth-order valence-electron chi connectivity index (χ4n) is 3.91. The Labute approximate surface area is 116 Å². The normalized spacial score (nSPS) is 36.4. The summed E-state index contributed by atoms with van der Waals surface area (Å²) >= 11 is 0. The number of hydrogen-bond donors (Lipinski definition) is 1. The van der Waals surface area contributed by atoms with Gasteiger partial charge in [-0.25, -0.2) is 0 Å². The molecule has 0 radical (unpaired) electrons. The summed E-state index contributed by atoms with van der Waals surface area (Å²) < 4.78 is 0. The molecule has 2 amide bonds. The minimum Gasteiger partial charge on any atom is -0.296 e. The Morgan fingerprint density at radius 3 is 2.37 bits per heavy atom. The predicted molar refractivity (Wildman–Crippen MR) is 75.4 cm³/mol. The van der Waals surface area contributed by atoms with E-state index >= 15 is 0 Å². The van der Waals surface area contributed by atoms with Crippen LogP contribution in [-0.4, -0.2) is 11.8 Å². The Hall–Kier alpha value is -0.860. The van der Waals surface area contributed by atoms with Crippen LogP contribution in [0, 0.1) is 22.7 Å². The van der Waals surface area contributed by atoms with Gasteiger partial charge in [-0.3, -0.25) is 14.9 Å². The number of carbonyl (C=O) groups is 2. The van der Waals surface area contributed by atoms with Crippen molar-refractivity contribution in [1.82, 2.24) is 5.32 Å². The van der Waals surface area contributed by atoms with Crippen LogP contribution in [-0.2, 0) is 9.59 Å². The third-order valence-corrected chi connectivity index (χ3v) is 6.08. The molecule has 0 aromatic carbocycles. The highest BCUT2D eigenvalue weighted by atomic mass is 16.2. The fourth-order valence-corrected chi connectivity index (χ4v) is 3.91. The van der Waals surface area contributed by atoms with Gasteiger partial charge in [-0.05, 0) is 42.4 Å². The Morgan fingerprint density at radius 1 is 1.26 bits per heavy atom. The second kappa shape index (κ2) is 4.92. The molecule has 1 unspecified atom stereocenters. The fraction of sp³-hybridized carbons (Fsp3) is 0.875. The molecule has 3 nitrogen and oxygen atoms in total. The van der Waals surface area contributed by atoms with Gasteiger partial charge in [0.25, 0.3) is 0 Å². The summed E-state index contributed by atoms with van der Waals surface area (Å²) in [7, 11) is 0. The molecule has 108 valence electrons. The van der Waals surface area contributed by atoms with Gasteiger partial charge in [0.1, 0.15) is 0 Å². The van der Waals surface area contributed by atoms with E-state index in [0.29, 0.717) is 11.8 Å². The highest BCUT2D eigenvalue weighted by molar-refractivity contribution is 5.99. The molecule has 1 atom stereocenters. The van der Waals surface area contributed by atoms with E-state index in [2.05, 4.69) is 26.1 Å². The molecule has 1 N–H and O–H groups in total. The van der Waals surface area contributed by atoms with Gasteiger partial charge in [-0.2, -0.15) is 0 Å². The van der Waals surface area contributed by atoms with E-state index < -0.39 is 0 Å². The smallest absolute Gasteiger partial charge is 0.229 e. The van der Waals surface area contributed by atoms with Crippen molar-refractivity contribution in [3.8, 4) is 0 Å². The molecule has 1 aliphatic heterocycles. The van der Waals surface area contributed by atoms with Gasteiger partial charge in [0.05, 0.1) is 0 Å². The predicted octanol–water partition coefficient (Wildman–Crippen LogP) is 3.28. The molecular formula is C16H27NO2. The van der Waals surface area contributed by atoms with E-state index in [9.17, 15) is 9.59 Å². The summed E-state index contributed by atoms with van der Waals surface area (Å²) in [6.45, 7) is 8.94. The number of rotatable bonds is 2. The molecule has 1 heterocycles. The van der Waals surface area contributed by atoms with E-state index in [1.807, 2.05) is 6.92 Å². The highest BCUT2D eigenvalue weighted by Crippen LogP contribution is 2.52. The summed E-state index contributed by atoms with van der Waals surface area (Å²) in [5.74, 6) is 0.576. The monoisotopic (exact) mass is 265 g/mol. The minimum absolute atomic E-state index is 0.0177. The number of hydrogen-bond acceptors (Lipinski definition) is 2. The van der Waals surface area contributed by atoms with Crippen molar-refractivity contribution < 1.29 is 9.59 Å². The second-order valence-corrected chi connectivity index (χ2v) is 7.29. The SMILES string of the molecule is CCC(C)(C)C1CCC2(CC1)CC(=O)NC(=O)C2C. The summed E-state index contributed by atoms with van der Waals surface area (Å²) in [6.07, 6.45) is 6.11. The molecule has 2 fully saturated rings. The average Bonchev–Trinajstić information content (AvgIpc) is 2.36. The van der Waals surface area contributed by atoms with Crippen LogP contribution < -0.4 is 5.32 Å². The van der Waals surface area contributed by atoms with Gasteiger partial charge in [-0.15, -0.1) is 0 Å². The van der Waals surface area contributed by atoms with E-state index in [1.165, 1.54) is 6.42 Å². The van der Waals surface area contributed by atoms with Crippen molar-refractivity contribution in [2.24, 2.45) is 22.7 Å². The lowest BCUT2D eigenvalue weighted by Gasteiger charge is -2.48. The molecule has 1 saturated heterocycles. The number of nitrogens with one attached hydrogen (secondary N) is 1. The van der Waals surface area contributed by atoms with Gasteiger partial charge in [0.2, 0.25) is 11.8 Å². The molecule has 1 spiro atoms. The van der Waals surface area contributed by atoms with Gasteiger partial charge < -0.3 is 0 Å². The van der Waals surface area contributed by atoms with Crippen LogP contribution in [0.5, 0.6) is 0 Å². The number of imide groups is 1. The van der Waals surface area contributed by atoms with Crippen molar-refractivity contribution in [2.75, 3.05) is 0 Å². The Bertz CT molecular complexity index is 378. The Morgan fingerprint density at radius 2 is 1.84 bits per heavy atom. The highest BCUT2D eigenvalue weighted by Gasteiger charge is 2.48. The number of piperidine rings is 1. The van der Waals surface area contributed by atoms with Gasteiger partial charge >= 0.3 is 0 Å². The quantitative estimate of drug-likeness (QED) is 0.779. The first kappa shape index (κ1) is 14.5. The van der Waals surface area contributed by atoms with E-state index in [0.717, 1.165) is 31.6 Å². The van der Waals surface area contributed by atoms with Gasteiger partial charge in [0, 0.05) is 12.3 Å². The largest absolute Gasteiger partial charge is 0.296 e. The van der Waals surface area contributed by atoms with Crippen LogP contribution in [0.25, 0.3) is 0 Å². The van der Waals surface area contributed by atoms with Gasteiger partial charge in [-0.1, -0.05) is 34.1 Å². The maximum absolute atomic E-state index is 11.9. The maximum atomic E-state index is 11.9. The van der Waals surface area contributed by atoms with E-state index in [4.69, 9.17) is 0 Å². The molecule has 0 aromatic rings. The lowest BCUT2D eigenvalue weighted by molar-refractivity contribution is -0.145. The zero-order chi connectivity index (χ0) is 14.3. The van der Waals surface area contributed by atoms with Crippen molar-refractivity contribution in [3.63, 3.8) is 0 Å². The third-order valence-electron chi connectivity index (χ3n) is 6.08. The Kier molecular flexibility index (Phi) is 3.76. The van der Waals surface area contributed by atoms with Crippen molar-refractivity contribution in [1.29, 1.82) is 0 Å². The topological polar surface area (TPSA) is 46.2 Å². The third kappa shape index (κ3) is 2.56. The van der Waals surface area contributed by atoms with Crippen LogP contribution in [0.3, 0.4) is 0 Å². The van der Waals surface area contributed by atoms with Crippen molar-refractivity contribution >= 4 is 11.8 Å². The molecule has 1 saturated carbocycles. The van der Waals surface area contributed by atoms with Crippen molar-refractivity contribution in [3.05, 3.63) is 0 Å². The lowest BCUT2D eigenvalue weighted by atomic mass is 9.57. The summed E-state index contributed by atoms with van der Waals surface area (Å²) in [5.41, 5.74) is 0.325. The molecule has 19 heavy (non-hydrogen) atoms. The maximum Gasteiger partial charge on any atom is 0.229 e. The average molecular weight is 265 g/mol. The van der Waals surface area contributed by atoms with Gasteiger partial charge in [0.15, 0.2) is 0 Å². The lowest BCUT2D eigenvalue weighted by Crippen LogP contribution is -2.52. The van der Waals surface area contributed by atoms with Crippen LogP contribution in [0.4, 0.5) is 0 Å². The molecule has 2 rings (SSSR count). The zero-order valence-corrected chi connectivity index (χ0v) is 12.7. The molecular weight excluding hydrogens is 238 g/mol. The standard InChI is InChI=1S/C16H27NO2/c1-5-15(3,4)12-6-8-16(9-7-12)10-13(18)17-14(19)11(16)2/h11-12H,5-10H2,1-4H3,(H,17,18,19). The first-order valence-electron chi connectivity index (χ1n) is 7.64. The Balaban J connectivity index is 2.09. The summed E-state index contributed by atoms with van der Waals surface area (Å²) in [4.78, 5) is 23.6. The van der Waals surface area contributed by atoms with Crippen LogP contribution in [0.1, 0.15) is 66.2 Å². The first-order chi connectivity index (χ1) is 8.81. The molecule has 2 aliphatic rings. The molecule has 3 heteroatoms. The van der Waals surface area contributed by atoms with E-state index in [1.54, 1.807) is 0 Å². The molecule has 1 aliphatic carbocycles. The van der Waals surface area contributed by atoms with Crippen LogP contribution >= 0.6 is 0 Å². The first-order valence-corrected chi connectivity index (χ1v) is 7.64. The molecule has 0 aromatic heterocycles. The molecule has 0 bridgehead atoms. The van der Waals surface area contributed by atoms with Crippen LogP contribution in [0.15, 0.2) is 0 Å². The van der Waals surface area contributed by atoms with E-state index in [-0.39, 0.29) is 23.1 Å². The van der Waals surface area contributed by atoms with Crippen LogP contribution in [0.2, 0.25) is 0 Å². The summed E-state index contributed by atoms with van der Waals surface area (Å²) in [5, 5.41) is 2.48. The number of amides is 2. The second-order valence-electron chi connectivity index (χ2n) is 7.29. The number of carbonyl (C=O) groups excluding carboxylic acids is 2. The van der Waals surface area contributed by atoms with Crippen molar-refractivity contribution in [2.45, 2.75) is 66.2 Å².